The highest BCUT2D eigenvalue weighted by Crippen LogP contribution is 2.30. The Bertz CT molecular complexity index is 507. The summed E-state index contributed by atoms with van der Waals surface area (Å²) in [6.45, 7) is 4.22. The third-order valence-corrected chi connectivity index (χ3v) is 4.59. The molecule has 1 saturated carbocycles. The lowest BCUT2D eigenvalue weighted by Crippen LogP contribution is -2.29. The summed E-state index contributed by atoms with van der Waals surface area (Å²) in [5.74, 6) is -0.721. The molecule has 0 aromatic carbocycles. The van der Waals surface area contributed by atoms with Crippen LogP contribution in [0.15, 0.2) is 0 Å². The minimum absolute atomic E-state index is 0.0638. The lowest BCUT2D eigenvalue weighted by molar-refractivity contribution is -0.143. The normalized spacial score (nSPS) is 22.2. The van der Waals surface area contributed by atoms with E-state index in [9.17, 15) is 9.59 Å². The summed E-state index contributed by atoms with van der Waals surface area (Å²) in [6, 6.07) is 0. The zero-order chi connectivity index (χ0) is 15.4. The van der Waals surface area contributed by atoms with Gasteiger partial charge in [0.05, 0.1) is 5.92 Å². The van der Waals surface area contributed by atoms with Crippen LogP contribution in [0.2, 0.25) is 0 Å². The Labute approximate surface area is 128 Å². The van der Waals surface area contributed by atoms with Crippen LogP contribution in [0.25, 0.3) is 0 Å². The molecule has 1 heterocycles. The third-order valence-electron chi connectivity index (χ3n) is 3.73. The number of hydrogen-bond acceptors (Lipinski definition) is 5. The number of carboxylic acids is 1. The molecule has 21 heavy (non-hydrogen) atoms. The first kappa shape index (κ1) is 15.9. The minimum atomic E-state index is -0.753. The number of carbonyl (C=O) groups excluding carboxylic acids is 1. The van der Waals surface area contributed by atoms with Crippen molar-refractivity contribution in [2.75, 3.05) is 5.32 Å². The Morgan fingerprint density at radius 3 is 2.43 bits per heavy atom. The molecule has 0 bridgehead atoms. The van der Waals surface area contributed by atoms with Crippen molar-refractivity contribution in [3.8, 4) is 0 Å². The molecule has 116 valence electrons. The number of aliphatic carboxylic acids is 1. The van der Waals surface area contributed by atoms with E-state index in [2.05, 4.69) is 29.4 Å². The van der Waals surface area contributed by atoms with Gasteiger partial charge in [0.2, 0.25) is 11.0 Å². The predicted molar refractivity (Wildman–Crippen MR) is 80.2 cm³/mol. The maximum atomic E-state index is 12.2. The Morgan fingerprint density at radius 2 is 1.86 bits per heavy atom. The number of anilines is 1. The Balaban J connectivity index is 1.84. The van der Waals surface area contributed by atoms with Gasteiger partial charge in [0.15, 0.2) is 0 Å². The molecule has 0 saturated heterocycles. The molecule has 2 rings (SSSR count). The average molecular weight is 311 g/mol. The smallest absolute Gasteiger partial charge is 0.306 e. The second kappa shape index (κ2) is 6.98. The van der Waals surface area contributed by atoms with Crippen molar-refractivity contribution in [3.05, 3.63) is 5.01 Å². The van der Waals surface area contributed by atoms with Gasteiger partial charge in [-0.05, 0) is 31.6 Å². The number of nitrogens with one attached hydrogen (secondary N) is 1. The van der Waals surface area contributed by atoms with E-state index in [1.165, 1.54) is 11.3 Å². The van der Waals surface area contributed by atoms with Gasteiger partial charge < -0.3 is 10.4 Å². The largest absolute Gasteiger partial charge is 0.481 e. The van der Waals surface area contributed by atoms with E-state index in [1.807, 2.05) is 0 Å². The molecule has 1 fully saturated rings. The van der Waals surface area contributed by atoms with E-state index >= 15 is 0 Å². The SMILES string of the molecule is CC(C)Cc1nnc(NC(=O)C2CCC(C(=O)O)CC2)s1. The summed E-state index contributed by atoms with van der Waals surface area (Å²) in [7, 11) is 0. The molecule has 0 atom stereocenters. The molecule has 0 aliphatic heterocycles. The fourth-order valence-corrected chi connectivity index (χ4v) is 3.50. The first-order valence-corrected chi connectivity index (χ1v) is 8.13. The van der Waals surface area contributed by atoms with Gasteiger partial charge >= 0.3 is 5.97 Å². The van der Waals surface area contributed by atoms with Crippen LogP contribution in [0.3, 0.4) is 0 Å². The molecular formula is C14H21N3O3S. The van der Waals surface area contributed by atoms with E-state index in [0.29, 0.717) is 36.7 Å². The number of aromatic nitrogens is 2. The van der Waals surface area contributed by atoms with Crippen LogP contribution >= 0.6 is 11.3 Å². The molecule has 2 N–H and O–H groups in total. The molecule has 7 heteroatoms. The summed E-state index contributed by atoms with van der Waals surface area (Å²) in [4.78, 5) is 23.1. The van der Waals surface area contributed by atoms with Gasteiger partial charge in [-0.25, -0.2) is 0 Å². The Hall–Kier alpha value is -1.50. The number of rotatable bonds is 5. The van der Waals surface area contributed by atoms with Gasteiger partial charge in [-0.2, -0.15) is 0 Å². The van der Waals surface area contributed by atoms with E-state index in [0.717, 1.165) is 11.4 Å². The summed E-state index contributed by atoms with van der Waals surface area (Å²) in [5, 5.41) is 21.3. The number of carbonyl (C=O) groups is 2. The minimum Gasteiger partial charge on any atom is -0.481 e. The number of nitrogens with zero attached hydrogens (tertiary/aromatic N) is 2. The molecule has 1 aliphatic rings. The van der Waals surface area contributed by atoms with Gasteiger partial charge in [0.25, 0.3) is 0 Å². The Morgan fingerprint density at radius 1 is 1.24 bits per heavy atom. The quantitative estimate of drug-likeness (QED) is 0.872. The van der Waals surface area contributed by atoms with Crippen LogP contribution in [0.1, 0.15) is 44.5 Å². The van der Waals surface area contributed by atoms with E-state index in [4.69, 9.17) is 5.11 Å². The van der Waals surface area contributed by atoms with Gasteiger partial charge in [0, 0.05) is 12.3 Å². The van der Waals surface area contributed by atoms with Crippen molar-refractivity contribution in [1.29, 1.82) is 0 Å². The Kier molecular flexibility index (Phi) is 5.27. The number of hydrogen-bond donors (Lipinski definition) is 2. The van der Waals surface area contributed by atoms with E-state index < -0.39 is 5.97 Å². The molecular weight excluding hydrogens is 290 g/mol. The first-order valence-electron chi connectivity index (χ1n) is 7.31. The molecule has 1 aromatic rings. The van der Waals surface area contributed by atoms with Crippen molar-refractivity contribution in [1.82, 2.24) is 10.2 Å². The molecule has 1 aliphatic carbocycles. The van der Waals surface area contributed by atoms with Gasteiger partial charge in [-0.3, -0.25) is 9.59 Å². The highest BCUT2D eigenvalue weighted by molar-refractivity contribution is 7.15. The van der Waals surface area contributed by atoms with Crippen LogP contribution in [-0.4, -0.2) is 27.2 Å². The third kappa shape index (κ3) is 4.49. The molecule has 6 nitrogen and oxygen atoms in total. The molecule has 1 amide bonds. The van der Waals surface area contributed by atoms with Gasteiger partial charge in [-0.1, -0.05) is 25.2 Å². The van der Waals surface area contributed by atoms with Crippen LogP contribution in [0, 0.1) is 17.8 Å². The van der Waals surface area contributed by atoms with E-state index in [1.54, 1.807) is 0 Å². The summed E-state index contributed by atoms with van der Waals surface area (Å²) >= 11 is 1.41. The molecule has 0 spiro atoms. The standard InChI is InChI=1S/C14H21N3O3S/c1-8(2)7-11-16-17-14(21-11)15-12(18)9-3-5-10(6-4-9)13(19)20/h8-10H,3-7H2,1-2H3,(H,19,20)(H,15,17,18). The van der Waals surface area contributed by atoms with Crippen molar-refractivity contribution >= 4 is 28.3 Å². The van der Waals surface area contributed by atoms with Gasteiger partial charge in [0.1, 0.15) is 5.01 Å². The van der Waals surface area contributed by atoms with Crippen molar-refractivity contribution in [2.24, 2.45) is 17.8 Å². The fraction of sp³-hybridized carbons (Fsp3) is 0.714. The topological polar surface area (TPSA) is 92.2 Å². The first-order chi connectivity index (χ1) is 9.95. The monoisotopic (exact) mass is 311 g/mol. The lowest BCUT2D eigenvalue weighted by Gasteiger charge is -2.24. The summed E-state index contributed by atoms with van der Waals surface area (Å²) < 4.78 is 0. The zero-order valence-corrected chi connectivity index (χ0v) is 13.2. The second-order valence-electron chi connectivity index (χ2n) is 5.97. The molecule has 0 radical (unpaired) electrons. The number of carboxylic acid groups (broad SMARTS) is 1. The highest BCUT2D eigenvalue weighted by atomic mass is 32.1. The summed E-state index contributed by atoms with van der Waals surface area (Å²) in [6.07, 6.45) is 3.25. The van der Waals surface area contributed by atoms with Crippen molar-refractivity contribution in [2.45, 2.75) is 46.0 Å². The van der Waals surface area contributed by atoms with Crippen LogP contribution in [-0.2, 0) is 16.0 Å². The lowest BCUT2D eigenvalue weighted by atomic mass is 9.81. The van der Waals surface area contributed by atoms with Crippen molar-refractivity contribution < 1.29 is 14.7 Å². The average Bonchev–Trinajstić information content (AvgIpc) is 2.85. The zero-order valence-electron chi connectivity index (χ0n) is 12.3. The fourth-order valence-electron chi connectivity index (χ4n) is 2.55. The van der Waals surface area contributed by atoms with Crippen LogP contribution in [0.5, 0.6) is 0 Å². The van der Waals surface area contributed by atoms with Crippen LogP contribution in [0.4, 0.5) is 5.13 Å². The molecule has 0 unspecified atom stereocenters. The summed E-state index contributed by atoms with van der Waals surface area (Å²) in [5.41, 5.74) is 0. The predicted octanol–water partition coefficient (Wildman–Crippen LogP) is 2.57. The molecule has 1 aromatic heterocycles. The van der Waals surface area contributed by atoms with Gasteiger partial charge in [-0.15, -0.1) is 10.2 Å². The second-order valence-corrected chi connectivity index (χ2v) is 7.04. The maximum Gasteiger partial charge on any atom is 0.306 e. The maximum absolute atomic E-state index is 12.2. The number of amides is 1. The highest BCUT2D eigenvalue weighted by Gasteiger charge is 2.30. The van der Waals surface area contributed by atoms with Crippen LogP contribution < -0.4 is 5.32 Å². The van der Waals surface area contributed by atoms with Crippen molar-refractivity contribution in [3.63, 3.8) is 0 Å². The van der Waals surface area contributed by atoms with E-state index in [-0.39, 0.29) is 17.7 Å².